The van der Waals surface area contributed by atoms with E-state index in [0.717, 1.165) is 23.4 Å². The van der Waals surface area contributed by atoms with Crippen molar-refractivity contribution < 1.29 is 14.2 Å². The quantitative estimate of drug-likeness (QED) is 0.304. The van der Waals surface area contributed by atoms with Crippen molar-refractivity contribution in [1.82, 2.24) is 5.32 Å². The Morgan fingerprint density at radius 2 is 1.68 bits per heavy atom. The number of ether oxygens (including phenoxy) is 3. The maximum absolute atomic E-state index is 5.63. The smallest absolute Gasteiger partial charge is 0.196 e. The van der Waals surface area contributed by atoms with Gasteiger partial charge in [0.05, 0.1) is 26.9 Å². The lowest BCUT2D eigenvalue weighted by molar-refractivity contribution is 0.185. The Hall–Kier alpha value is -2.00. The number of hydrogen-bond acceptors (Lipinski definition) is 4. The summed E-state index contributed by atoms with van der Waals surface area (Å²) in [6, 6.07) is 14.0. The van der Waals surface area contributed by atoms with Crippen LogP contribution in [0, 0.1) is 0 Å². The summed E-state index contributed by atoms with van der Waals surface area (Å²) in [6.45, 7) is 6.53. The van der Waals surface area contributed by atoms with Crippen molar-refractivity contribution >= 4 is 35.6 Å². The summed E-state index contributed by atoms with van der Waals surface area (Å²) in [4.78, 5) is 4.66. The zero-order valence-electron chi connectivity index (χ0n) is 17.0. The normalized spacial score (nSPS) is 10.8. The van der Waals surface area contributed by atoms with E-state index in [4.69, 9.17) is 14.2 Å². The zero-order valence-corrected chi connectivity index (χ0v) is 19.3. The highest BCUT2D eigenvalue weighted by atomic mass is 127. The second-order valence-electron chi connectivity index (χ2n) is 5.87. The van der Waals surface area contributed by atoms with Gasteiger partial charge < -0.3 is 24.8 Å². The van der Waals surface area contributed by atoms with Gasteiger partial charge in [0, 0.05) is 25.4 Å². The Morgan fingerprint density at radius 1 is 0.964 bits per heavy atom. The predicted octanol–water partition coefficient (Wildman–Crippen LogP) is 4.44. The molecule has 0 atom stereocenters. The highest BCUT2D eigenvalue weighted by Crippen LogP contribution is 2.30. The van der Waals surface area contributed by atoms with E-state index in [2.05, 4.69) is 39.9 Å². The largest absolute Gasteiger partial charge is 0.493 e. The third-order valence-electron chi connectivity index (χ3n) is 3.82. The molecule has 0 aliphatic carbocycles. The molecule has 0 unspecified atom stereocenters. The van der Waals surface area contributed by atoms with Gasteiger partial charge in [0.25, 0.3) is 0 Å². The SMILES string of the molecule is CCNC(=NCc1ccc(COC)cc1)Nc1ccc(OC)c(OCC)c1.I. The Balaban J connectivity index is 0.00000392. The van der Waals surface area contributed by atoms with E-state index in [1.807, 2.05) is 32.0 Å². The zero-order chi connectivity index (χ0) is 19.5. The van der Waals surface area contributed by atoms with Crippen LogP contribution in [0.25, 0.3) is 0 Å². The number of hydrogen-bond donors (Lipinski definition) is 2. The number of benzene rings is 2. The fraction of sp³-hybridized carbons (Fsp3) is 0.381. The van der Waals surface area contributed by atoms with Gasteiger partial charge in [0.1, 0.15) is 0 Å². The number of nitrogens with zero attached hydrogens (tertiary/aromatic N) is 1. The molecular weight excluding hydrogens is 469 g/mol. The maximum Gasteiger partial charge on any atom is 0.196 e. The molecule has 0 saturated carbocycles. The third kappa shape index (κ3) is 7.55. The number of guanidine groups is 1. The summed E-state index contributed by atoms with van der Waals surface area (Å²) in [7, 11) is 3.33. The minimum absolute atomic E-state index is 0. The van der Waals surface area contributed by atoms with Crippen LogP contribution in [0.5, 0.6) is 11.5 Å². The topological polar surface area (TPSA) is 64.1 Å². The predicted molar refractivity (Wildman–Crippen MR) is 125 cm³/mol. The number of anilines is 1. The van der Waals surface area contributed by atoms with Gasteiger partial charge in [-0.3, -0.25) is 0 Å². The average Bonchev–Trinajstić information content (AvgIpc) is 2.68. The van der Waals surface area contributed by atoms with Crippen LogP contribution >= 0.6 is 24.0 Å². The number of halogens is 1. The Labute approximate surface area is 184 Å². The van der Waals surface area contributed by atoms with E-state index in [-0.39, 0.29) is 24.0 Å². The van der Waals surface area contributed by atoms with Crippen molar-refractivity contribution in [2.75, 3.05) is 32.7 Å². The standard InChI is InChI=1S/C21H29N3O3.HI/c1-5-22-21(23-14-16-7-9-17(10-8-16)15-25-3)24-18-11-12-19(26-4)20(13-18)27-6-2;/h7-13H,5-6,14-15H2,1-4H3,(H2,22,23,24);1H. The lowest BCUT2D eigenvalue weighted by Gasteiger charge is -2.14. The molecule has 0 aliphatic heterocycles. The van der Waals surface area contributed by atoms with E-state index in [9.17, 15) is 0 Å². The molecule has 2 rings (SSSR count). The Kier molecular flexibility index (Phi) is 11.4. The van der Waals surface area contributed by atoms with Crippen molar-refractivity contribution in [3.8, 4) is 11.5 Å². The molecule has 154 valence electrons. The van der Waals surface area contributed by atoms with E-state index in [1.165, 1.54) is 0 Å². The molecule has 28 heavy (non-hydrogen) atoms. The first-order valence-electron chi connectivity index (χ1n) is 9.13. The highest BCUT2D eigenvalue weighted by Gasteiger charge is 2.07. The molecule has 7 heteroatoms. The molecule has 2 aromatic rings. The molecule has 6 nitrogen and oxygen atoms in total. The third-order valence-corrected chi connectivity index (χ3v) is 3.82. The summed E-state index contributed by atoms with van der Waals surface area (Å²) in [5.41, 5.74) is 3.17. The number of methoxy groups -OCH3 is 2. The molecule has 0 aromatic heterocycles. The van der Waals surface area contributed by atoms with Gasteiger partial charge >= 0.3 is 0 Å². The van der Waals surface area contributed by atoms with Gasteiger partial charge in [-0.1, -0.05) is 24.3 Å². The summed E-state index contributed by atoms with van der Waals surface area (Å²) >= 11 is 0. The van der Waals surface area contributed by atoms with Crippen LogP contribution in [-0.2, 0) is 17.9 Å². The van der Waals surface area contributed by atoms with E-state index >= 15 is 0 Å². The highest BCUT2D eigenvalue weighted by molar-refractivity contribution is 14.0. The molecule has 0 bridgehead atoms. The van der Waals surface area contributed by atoms with Crippen molar-refractivity contribution in [3.63, 3.8) is 0 Å². The fourth-order valence-electron chi connectivity index (χ4n) is 2.54. The van der Waals surface area contributed by atoms with Crippen LogP contribution in [0.2, 0.25) is 0 Å². The van der Waals surface area contributed by atoms with Crippen LogP contribution in [0.4, 0.5) is 5.69 Å². The summed E-state index contributed by atoms with van der Waals surface area (Å²) in [5.74, 6) is 2.13. The molecule has 2 aromatic carbocycles. The monoisotopic (exact) mass is 499 g/mol. The Bertz CT molecular complexity index is 736. The van der Waals surface area contributed by atoms with Crippen molar-refractivity contribution in [2.24, 2.45) is 4.99 Å². The van der Waals surface area contributed by atoms with Crippen molar-refractivity contribution in [3.05, 3.63) is 53.6 Å². The number of nitrogens with one attached hydrogen (secondary N) is 2. The van der Waals surface area contributed by atoms with E-state index in [1.54, 1.807) is 14.2 Å². The minimum Gasteiger partial charge on any atom is -0.493 e. The van der Waals surface area contributed by atoms with Crippen molar-refractivity contribution in [2.45, 2.75) is 27.0 Å². The van der Waals surface area contributed by atoms with E-state index in [0.29, 0.717) is 37.2 Å². The second-order valence-corrected chi connectivity index (χ2v) is 5.87. The molecule has 0 saturated heterocycles. The lowest BCUT2D eigenvalue weighted by atomic mass is 10.1. The van der Waals surface area contributed by atoms with Gasteiger partial charge in [-0.15, -0.1) is 24.0 Å². The molecule has 0 heterocycles. The molecule has 0 radical (unpaired) electrons. The summed E-state index contributed by atoms with van der Waals surface area (Å²) in [6.07, 6.45) is 0. The van der Waals surface area contributed by atoms with E-state index < -0.39 is 0 Å². The van der Waals surface area contributed by atoms with Gasteiger partial charge in [0.2, 0.25) is 0 Å². The first-order chi connectivity index (χ1) is 13.2. The van der Waals surface area contributed by atoms with Gasteiger partial charge in [0.15, 0.2) is 17.5 Å². The van der Waals surface area contributed by atoms with Gasteiger partial charge in [-0.05, 0) is 37.1 Å². The lowest BCUT2D eigenvalue weighted by Crippen LogP contribution is -2.30. The minimum atomic E-state index is 0. The summed E-state index contributed by atoms with van der Waals surface area (Å²) < 4.78 is 16.1. The van der Waals surface area contributed by atoms with Gasteiger partial charge in [-0.2, -0.15) is 0 Å². The number of rotatable bonds is 9. The fourth-order valence-corrected chi connectivity index (χ4v) is 2.54. The molecule has 0 amide bonds. The Morgan fingerprint density at radius 3 is 2.29 bits per heavy atom. The van der Waals surface area contributed by atoms with Crippen LogP contribution in [-0.4, -0.2) is 33.3 Å². The van der Waals surface area contributed by atoms with Crippen LogP contribution < -0.4 is 20.1 Å². The van der Waals surface area contributed by atoms with Gasteiger partial charge in [-0.25, -0.2) is 4.99 Å². The first-order valence-corrected chi connectivity index (χ1v) is 9.13. The average molecular weight is 499 g/mol. The second kappa shape index (κ2) is 13.2. The molecule has 0 spiro atoms. The molecule has 0 aliphatic rings. The molecule has 0 fully saturated rings. The molecular formula is C21H30IN3O3. The number of aliphatic imine (C=N–C) groups is 1. The summed E-state index contributed by atoms with van der Waals surface area (Å²) in [5, 5.41) is 6.58. The van der Waals surface area contributed by atoms with Crippen LogP contribution in [0.15, 0.2) is 47.5 Å². The maximum atomic E-state index is 5.63. The first kappa shape index (κ1) is 24.0. The van der Waals surface area contributed by atoms with Crippen LogP contribution in [0.3, 0.4) is 0 Å². The van der Waals surface area contributed by atoms with Crippen molar-refractivity contribution in [1.29, 1.82) is 0 Å². The molecule has 2 N–H and O–H groups in total. The van der Waals surface area contributed by atoms with Crippen LogP contribution in [0.1, 0.15) is 25.0 Å².